The van der Waals surface area contributed by atoms with Gasteiger partial charge < -0.3 is 10.2 Å². The average Bonchev–Trinajstić information content (AvgIpc) is 3.20. The molecule has 0 unspecified atom stereocenters. The van der Waals surface area contributed by atoms with Crippen molar-refractivity contribution >= 4 is 49.8 Å². The van der Waals surface area contributed by atoms with Crippen LogP contribution in [0.2, 0.25) is 0 Å². The lowest BCUT2D eigenvalue weighted by Crippen LogP contribution is -2.16. The number of hydrogen-bond donors (Lipinski definition) is 1. The number of nitrogens with zero attached hydrogens (tertiary/aromatic N) is 1. The van der Waals surface area contributed by atoms with Crippen LogP contribution < -0.4 is 5.11 Å². The molecule has 1 aliphatic rings. The zero-order chi connectivity index (χ0) is 15.7. The highest BCUT2D eigenvalue weighted by atomic mass is 79.9. The summed E-state index contributed by atoms with van der Waals surface area (Å²) in [5.41, 5.74) is -0.386. The van der Waals surface area contributed by atoms with Crippen LogP contribution in [0.3, 0.4) is 0 Å². The molecule has 0 radical (unpaired) electrons. The van der Waals surface area contributed by atoms with Crippen LogP contribution in [0.25, 0.3) is 5.76 Å². The molecule has 0 amide bonds. The molecule has 4 nitrogen and oxygen atoms in total. The van der Waals surface area contributed by atoms with E-state index in [4.69, 9.17) is 0 Å². The number of halogens is 3. The van der Waals surface area contributed by atoms with Crippen LogP contribution in [0.5, 0.6) is 0 Å². The SMILES string of the molecule is Cc1c(F)c(Br)cc(Br)c1/C([O-])=C(/C=NC1CC1)C(=O)O. The number of carbonyl (C=O) groups is 1. The largest absolute Gasteiger partial charge is 0.871 e. The van der Waals surface area contributed by atoms with Gasteiger partial charge >= 0.3 is 5.97 Å². The van der Waals surface area contributed by atoms with Crippen LogP contribution >= 0.6 is 31.9 Å². The Morgan fingerprint density at radius 1 is 1.48 bits per heavy atom. The number of rotatable bonds is 4. The van der Waals surface area contributed by atoms with E-state index in [2.05, 4.69) is 36.9 Å². The molecule has 1 fully saturated rings. The maximum atomic E-state index is 13.9. The molecular weight excluding hydrogens is 409 g/mol. The molecule has 21 heavy (non-hydrogen) atoms. The Morgan fingerprint density at radius 3 is 2.62 bits per heavy atom. The molecule has 0 heterocycles. The van der Waals surface area contributed by atoms with Crippen molar-refractivity contribution in [2.24, 2.45) is 4.99 Å². The minimum absolute atomic E-state index is 0.00431. The van der Waals surface area contributed by atoms with Gasteiger partial charge in [-0.1, -0.05) is 21.7 Å². The lowest BCUT2D eigenvalue weighted by atomic mass is 10.0. The Labute approximate surface area is 137 Å². The number of hydrogen-bond acceptors (Lipinski definition) is 3. The highest BCUT2D eigenvalue weighted by molar-refractivity contribution is 9.11. The predicted octanol–water partition coefficient (Wildman–Crippen LogP) is 3.05. The molecule has 0 aromatic heterocycles. The fourth-order valence-corrected chi connectivity index (χ4v) is 3.28. The molecule has 0 aliphatic heterocycles. The molecular formula is C14H11Br2FNO3-. The zero-order valence-corrected chi connectivity index (χ0v) is 14.2. The third-order valence-corrected chi connectivity index (χ3v) is 4.27. The summed E-state index contributed by atoms with van der Waals surface area (Å²) in [6, 6.07) is 1.48. The molecule has 7 heteroatoms. The van der Waals surface area contributed by atoms with Gasteiger partial charge in [0.15, 0.2) is 0 Å². The first-order valence-corrected chi connectivity index (χ1v) is 7.73. The standard InChI is InChI=1S/C14H12Br2FNO3/c1-6-11(9(15)4-10(16)12(6)17)13(19)8(14(20)21)5-18-7-2-3-7/h4-5,7,19H,2-3H2,1H3,(H,20,21)/p-1/b13-8+,18-5?. The van der Waals surface area contributed by atoms with Gasteiger partial charge in [-0.3, -0.25) is 4.99 Å². The molecule has 2 rings (SSSR count). The normalized spacial score (nSPS) is 16.2. The number of aliphatic imine (C=N–C) groups is 1. The highest BCUT2D eigenvalue weighted by Gasteiger charge is 2.20. The van der Waals surface area contributed by atoms with E-state index in [1.165, 1.54) is 13.0 Å². The van der Waals surface area contributed by atoms with Crippen molar-refractivity contribution in [3.05, 3.63) is 37.5 Å². The van der Waals surface area contributed by atoms with Crippen LogP contribution in [0.4, 0.5) is 4.39 Å². The van der Waals surface area contributed by atoms with Gasteiger partial charge in [0.25, 0.3) is 0 Å². The van der Waals surface area contributed by atoms with Gasteiger partial charge in [-0.25, -0.2) is 9.18 Å². The van der Waals surface area contributed by atoms with E-state index in [0.717, 1.165) is 19.1 Å². The van der Waals surface area contributed by atoms with E-state index in [1.807, 2.05) is 0 Å². The second kappa shape index (κ2) is 6.27. The van der Waals surface area contributed by atoms with Crippen LogP contribution in [0, 0.1) is 12.7 Å². The minimum Gasteiger partial charge on any atom is -0.871 e. The van der Waals surface area contributed by atoms with E-state index < -0.39 is 23.1 Å². The van der Waals surface area contributed by atoms with Gasteiger partial charge in [0.1, 0.15) is 5.82 Å². The molecule has 0 atom stereocenters. The smallest absolute Gasteiger partial charge is 0.336 e. The zero-order valence-electron chi connectivity index (χ0n) is 11.0. The maximum absolute atomic E-state index is 13.9. The van der Waals surface area contributed by atoms with Gasteiger partial charge in [0, 0.05) is 10.7 Å². The van der Waals surface area contributed by atoms with Gasteiger partial charge in [0.05, 0.1) is 16.1 Å². The van der Waals surface area contributed by atoms with E-state index in [-0.39, 0.29) is 21.6 Å². The fraction of sp³-hybridized carbons (Fsp3) is 0.286. The molecule has 1 saturated carbocycles. The summed E-state index contributed by atoms with van der Waals surface area (Å²) >= 11 is 6.21. The Kier molecular flexibility index (Phi) is 4.83. The number of carboxylic acids is 1. The van der Waals surface area contributed by atoms with E-state index in [9.17, 15) is 19.4 Å². The second-order valence-corrected chi connectivity index (χ2v) is 6.42. The van der Waals surface area contributed by atoms with Crippen LogP contribution in [0.1, 0.15) is 24.0 Å². The van der Waals surface area contributed by atoms with Crippen LogP contribution in [-0.2, 0) is 4.79 Å². The second-order valence-electron chi connectivity index (χ2n) is 4.71. The Hall–Kier alpha value is -1.21. The van der Waals surface area contributed by atoms with Crippen molar-refractivity contribution < 1.29 is 19.4 Å². The molecule has 0 bridgehead atoms. The third kappa shape index (κ3) is 3.52. The lowest BCUT2D eigenvalue weighted by molar-refractivity contribution is -0.244. The van der Waals surface area contributed by atoms with Crippen molar-refractivity contribution in [3.8, 4) is 0 Å². The van der Waals surface area contributed by atoms with E-state index in [0.29, 0.717) is 4.47 Å². The lowest BCUT2D eigenvalue weighted by Gasteiger charge is -2.20. The number of benzene rings is 1. The van der Waals surface area contributed by atoms with Crippen molar-refractivity contribution in [1.82, 2.24) is 0 Å². The minimum atomic E-state index is -1.38. The Bertz CT molecular complexity index is 667. The summed E-state index contributed by atoms with van der Waals surface area (Å²) in [6.45, 7) is 1.43. The van der Waals surface area contributed by atoms with Crippen molar-refractivity contribution in [2.45, 2.75) is 25.8 Å². The fourth-order valence-electron chi connectivity index (χ4n) is 1.74. The molecule has 1 aromatic carbocycles. The summed E-state index contributed by atoms with van der Waals surface area (Å²) in [5, 5.41) is 21.6. The predicted molar refractivity (Wildman–Crippen MR) is 82.6 cm³/mol. The van der Waals surface area contributed by atoms with Gasteiger partial charge in [-0.15, -0.1) is 0 Å². The first kappa shape index (κ1) is 16.2. The summed E-state index contributed by atoms with van der Waals surface area (Å²) in [4.78, 5) is 15.3. The average molecular weight is 420 g/mol. The van der Waals surface area contributed by atoms with Crippen molar-refractivity contribution in [3.63, 3.8) is 0 Å². The summed E-state index contributed by atoms with van der Waals surface area (Å²) in [5.74, 6) is -2.73. The van der Waals surface area contributed by atoms with E-state index in [1.54, 1.807) is 0 Å². The van der Waals surface area contributed by atoms with E-state index >= 15 is 0 Å². The maximum Gasteiger partial charge on any atom is 0.336 e. The molecule has 0 saturated heterocycles. The van der Waals surface area contributed by atoms with Crippen LogP contribution in [0.15, 0.2) is 25.6 Å². The van der Waals surface area contributed by atoms with Crippen molar-refractivity contribution in [1.29, 1.82) is 0 Å². The molecule has 0 spiro atoms. The Balaban J connectivity index is 2.58. The van der Waals surface area contributed by atoms with Crippen molar-refractivity contribution in [2.75, 3.05) is 0 Å². The first-order valence-electron chi connectivity index (χ1n) is 6.15. The van der Waals surface area contributed by atoms with Gasteiger partial charge in [-0.2, -0.15) is 0 Å². The first-order chi connectivity index (χ1) is 9.82. The summed E-state index contributed by atoms with van der Waals surface area (Å²) in [6.07, 6.45) is 2.87. The number of carboxylic acid groups (broad SMARTS) is 1. The highest BCUT2D eigenvalue weighted by Crippen LogP contribution is 2.33. The molecule has 112 valence electrons. The topological polar surface area (TPSA) is 72.7 Å². The summed E-state index contributed by atoms with van der Waals surface area (Å²) in [7, 11) is 0. The quantitative estimate of drug-likeness (QED) is 0.353. The van der Waals surface area contributed by atoms with Crippen LogP contribution in [-0.4, -0.2) is 23.3 Å². The third-order valence-electron chi connectivity index (χ3n) is 3.07. The Morgan fingerprint density at radius 2 is 2.10 bits per heavy atom. The monoisotopic (exact) mass is 418 g/mol. The molecule has 1 aromatic rings. The van der Waals surface area contributed by atoms with Gasteiger partial charge in [0.2, 0.25) is 0 Å². The molecule has 1 N–H and O–H groups in total. The van der Waals surface area contributed by atoms with Gasteiger partial charge in [-0.05, 0) is 52.9 Å². The molecule has 1 aliphatic carbocycles. The number of aliphatic carboxylic acids is 1. The summed E-state index contributed by atoms with van der Waals surface area (Å²) < 4.78 is 14.4.